The summed E-state index contributed by atoms with van der Waals surface area (Å²) in [7, 11) is 1.46. The number of ether oxygens (including phenoxy) is 4. The number of methoxy groups -OCH3 is 1. The molecule has 1 fully saturated rings. The van der Waals surface area contributed by atoms with E-state index in [1.807, 2.05) is 13.8 Å². The van der Waals surface area contributed by atoms with Crippen molar-refractivity contribution in [3.8, 4) is 46.2 Å². The van der Waals surface area contributed by atoms with Gasteiger partial charge < -0.3 is 29.1 Å². The van der Waals surface area contributed by atoms with Gasteiger partial charge >= 0.3 is 0 Å². The Bertz CT molecular complexity index is 1740. The molecule has 1 aliphatic heterocycles. The standard InChI is InChI=1S/C31H28FN5O5S/c1-17-26(36-29(41-17)22-10-9-20(38-4)11-25(22)32)16-43-30-24(13-34)27(23(12-33)28(35)37-30)18-5-7-19(8-6-18)39-14-21-15-40-31(2,3)42-21/h5-11,21H,14-16H2,1-4H3,(H2,35,37)/t21-/m1/s1. The van der Waals surface area contributed by atoms with E-state index in [1.54, 1.807) is 37.3 Å². The molecule has 2 aromatic carbocycles. The molecule has 1 saturated heterocycles. The van der Waals surface area contributed by atoms with Crippen molar-refractivity contribution in [1.82, 2.24) is 9.97 Å². The number of nitriles is 2. The third-order valence-corrected chi connectivity index (χ3v) is 7.69. The fourth-order valence-electron chi connectivity index (χ4n) is 4.55. The molecule has 0 saturated carbocycles. The number of nitrogens with zero attached hydrogens (tertiary/aromatic N) is 4. The number of oxazole rings is 1. The van der Waals surface area contributed by atoms with Crippen molar-refractivity contribution in [2.24, 2.45) is 0 Å². The summed E-state index contributed by atoms with van der Waals surface area (Å²) in [4.78, 5) is 8.83. The maximum Gasteiger partial charge on any atom is 0.229 e. The van der Waals surface area contributed by atoms with Gasteiger partial charge in [0.25, 0.3) is 0 Å². The summed E-state index contributed by atoms with van der Waals surface area (Å²) >= 11 is 1.22. The molecule has 0 bridgehead atoms. The number of rotatable bonds is 9. The second kappa shape index (κ2) is 12.3. The van der Waals surface area contributed by atoms with Crippen LogP contribution in [0.25, 0.3) is 22.6 Å². The molecule has 0 amide bonds. The number of pyridine rings is 1. The van der Waals surface area contributed by atoms with E-state index in [1.165, 1.54) is 31.0 Å². The van der Waals surface area contributed by atoms with Crippen LogP contribution >= 0.6 is 11.8 Å². The Balaban J connectivity index is 1.37. The fourth-order valence-corrected chi connectivity index (χ4v) is 5.55. The van der Waals surface area contributed by atoms with E-state index >= 15 is 0 Å². The number of hydrogen-bond donors (Lipinski definition) is 1. The van der Waals surface area contributed by atoms with Crippen LogP contribution in [0.1, 0.15) is 36.4 Å². The highest BCUT2D eigenvalue weighted by Crippen LogP contribution is 2.38. The summed E-state index contributed by atoms with van der Waals surface area (Å²) in [5.74, 6) is 0.680. The molecule has 5 rings (SSSR count). The number of halogens is 1. The topological polar surface area (TPSA) is 149 Å². The van der Waals surface area contributed by atoms with Gasteiger partial charge in [0.15, 0.2) is 5.79 Å². The summed E-state index contributed by atoms with van der Waals surface area (Å²) in [5, 5.41) is 20.4. The highest BCUT2D eigenvalue weighted by molar-refractivity contribution is 7.98. The van der Waals surface area contributed by atoms with Gasteiger partial charge in [0.05, 0.1) is 30.5 Å². The zero-order chi connectivity index (χ0) is 30.7. The SMILES string of the molecule is COc1ccc(-c2nc(CSc3nc(N)c(C#N)c(-c4ccc(OC[C@@H]5COC(C)(C)O5)cc4)c3C#N)c(C)o2)c(F)c1. The molecule has 1 aliphatic rings. The lowest BCUT2D eigenvalue weighted by atomic mass is 9.97. The lowest BCUT2D eigenvalue weighted by Crippen LogP contribution is -2.25. The van der Waals surface area contributed by atoms with Crippen molar-refractivity contribution in [1.29, 1.82) is 10.5 Å². The zero-order valence-corrected chi connectivity index (χ0v) is 24.8. The molecular formula is C31H28FN5O5S. The number of aromatic nitrogens is 2. The molecule has 0 radical (unpaired) electrons. The van der Waals surface area contributed by atoms with E-state index in [9.17, 15) is 14.9 Å². The third kappa shape index (κ3) is 6.42. The van der Waals surface area contributed by atoms with Crippen LogP contribution in [0.2, 0.25) is 0 Å². The molecule has 43 heavy (non-hydrogen) atoms. The van der Waals surface area contributed by atoms with Crippen LogP contribution in [0.5, 0.6) is 11.5 Å². The first kappa shape index (κ1) is 29.9. The predicted octanol–water partition coefficient (Wildman–Crippen LogP) is 6.01. The summed E-state index contributed by atoms with van der Waals surface area (Å²) in [6, 6.07) is 15.7. The molecular weight excluding hydrogens is 573 g/mol. The third-order valence-electron chi connectivity index (χ3n) is 6.71. The van der Waals surface area contributed by atoms with Crippen molar-refractivity contribution in [3.05, 3.63) is 70.9 Å². The minimum absolute atomic E-state index is 0.00167. The second-order valence-electron chi connectivity index (χ2n) is 10.1. The molecule has 0 aliphatic carbocycles. The van der Waals surface area contributed by atoms with Gasteiger partial charge in [0, 0.05) is 17.4 Å². The molecule has 0 spiro atoms. The minimum atomic E-state index is -0.639. The van der Waals surface area contributed by atoms with Gasteiger partial charge in [-0.3, -0.25) is 0 Å². The van der Waals surface area contributed by atoms with E-state index < -0.39 is 11.6 Å². The van der Waals surface area contributed by atoms with E-state index in [-0.39, 0.29) is 40.3 Å². The van der Waals surface area contributed by atoms with E-state index in [0.717, 1.165) is 0 Å². The Hall–Kier alpha value is -4.62. The predicted molar refractivity (Wildman–Crippen MR) is 157 cm³/mol. The normalized spacial score (nSPS) is 15.6. The van der Waals surface area contributed by atoms with Crippen molar-refractivity contribution < 1.29 is 27.8 Å². The highest BCUT2D eigenvalue weighted by Gasteiger charge is 2.33. The van der Waals surface area contributed by atoms with Crippen LogP contribution in [0.4, 0.5) is 10.2 Å². The summed E-state index contributed by atoms with van der Waals surface area (Å²) in [6.07, 6.45) is -0.190. The van der Waals surface area contributed by atoms with Crippen LogP contribution in [0, 0.1) is 35.4 Å². The largest absolute Gasteiger partial charge is 0.497 e. The first-order chi connectivity index (χ1) is 20.6. The van der Waals surface area contributed by atoms with Crippen LogP contribution in [0.3, 0.4) is 0 Å². The lowest BCUT2D eigenvalue weighted by molar-refractivity contribution is -0.141. The zero-order valence-electron chi connectivity index (χ0n) is 23.9. The van der Waals surface area contributed by atoms with Gasteiger partial charge in [-0.15, -0.1) is 0 Å². The molecule has 4 aromatic rings. The van der Waals surface area contributed by atoms with Crippen molar-refractivity contribution >= 4 is 17.6 Å². The Morgan fingerprint density at radius 2 is 1.81 bits per heavy atom. The molecule has 220 valence electrons. The monoisotopic (exact) mass is 601 g/mol. The van der Waals surface area contributed by atoms with Gasteiger partial charge in [-0.05, 0) is 50.6 Å². The summed E-state index contributed by atoms with van der Waals surface area (Å²) in [5.41, 5.74) is 8.21. The highest BCUT2D eigenvalue weighted by atomic mass is 32.2. The van der Waals surface area contributed by atoms with Crippen LogP contribution in [-0.4, -0.2) is 42.2 Å². The quantitative estimate of drug-likeness (QED) is 0.225. The number of nitrogens with two attached hydrogens (primary N) is 1. The molecule has 3 heterocycles. The first-order valence-electron chi connectivity index (χ1n) is 13.2. The Kier molecular flexibility index (Phi) is 8.55. The van der Waals surface area contributed by atoms with E-state index in [2.05, 4.69) is 22.1 Å². The average molecular weight is 602 g/mol. The van der Waals surface area contributed by atoms with Crippen molar-refractivity contribution in [2.75, 3.05) is 26.1 Å². The van der Waals surface area contributed by atoms with Gasteiger partial charge in [-0.1, -0.05) is 23.9 Å². The smallest absolute Gasteiger partial charge is 0.229 e. The van der Waals surface area contributed by atoms with Gasteiger partial charge in [-0.2, -0.15) is 10.5 Å². The molecule has 1 atom stereocenters. The average Bonchev–Trinajstić information content (AvgIpc) is 3.54. The number of hydrogen-bond acceptors (Lipinski definition) is 11. The van der Waals surface area contributed by atoms with Crippen LogP contribution in [-0.2, 0) is 15.2 Å². The Morgan fingerprint density at radius 1 is 1.09 bits per heavy atom. The van der Waals surface area contributed by atoms with Gasteiger partial charge in [0.1, 0.15) is 64.3 Å². The van der Waals surface area contributed by atoms with Crippen molar-refractivity contribution in [3.63, 3.8) is 0 Å². The Morgan fingerprint density at radius 3 is 2.44 bits per heavy atom. The molecule has 2 aromatic heterocycles. The first-order valence-corrected chi connectivity index (χ1v) is 14.2. The molecule has 12 heteroatoms. The number of nitrogen functional groups attached to an aromatic ring is 1. The van der Waals surface area contributed by atoms with Crippen molar-refractivity contribution in [2.45, 2.75) is 43.4 Å². The van der Waals surface area contributed by atoms with Gasteiger partial charge in [-0.25, -0.2) is 14.4 Å². The number of anilines is 1. The van der Waals surface area contributed by atoms with E-state index in [4.69, 9.17) is 29.1 Å². The summed E-state index contributed by atoms with van der Waals surface area (Å²) in [6.45, 7) is 6.17. The number of benzene rings is 2. The lowest BCUT2D eigenvalue weighted by Gasteiger charge is -2.17. The molecule has 0 unspecified atom stereocenters. The van der Waals surface area contributed by atoms with E-state index in [0.29, 0.717) is 52.3 Å². The maximum atomic E-state index is 14.6. The number of thioether (sulfide) groups is 1. The molecule has 2 N–H and O–H groups in total. The molecule has 10 nitrogen and oxygen atoms in total. The van der Waals surface area contributed by atoms with Gasteiger partial charge in [0.2, 0.25) is 5.89 Å². The second-order valence-corrected chi connectivity index (χ2v) is 11.1. The number of aryl methyl sites for hydroxylation is 1. The van der Waals surface area contributed by atoms with Crippen LogP contribution < -0.4 is 15.2 Å². The maximum absolute atomic E-state index is 14.6. The summed E-state index contributed by atoms with van der Waals surface area (Å²) < 4.78 is 42.6. The fraction of sp³-hybridized carbons (Fsp3) is 0.290. The van der Waals surface area contributed by atoms with Crippen LogP contribution in [0.15, 0.2) is 51.9 Å². The Labute approximate surface area is 252 Å². The minimum Gasteiger partial charge on any atom is -0.497 e.